The van der Waals surface area contributed by atoms with Gasteiger partial charge in [0.25, 0.3) is 0 Å². The van der Waals surface area contributed by atoms with Gasteiger partial charge in [-0.25, -0.2) is 8.42 Å². The number of fused-ring (bicyclic) bond motifs is 1. The molecule has 3 rings (SSSR count). The van der Waals surface area contributed by atoms with E-state index in [0.717, 1.165) is 22.7 Å². The third kappa shape index (κ3) is 4.60. The lowest BCUT2D eigenvalue weighted by atomic mass is 10.0. The van der Waals surface area contributed by atoms with Crippen LogP contribution in [0.3, 0.4) is 0 Å². The molecule has 0 saturated carbocycles. The first-order chi connectivity index (χ1) is 14.3. The highest BCUT2D eigenvalue weighted by molar-refractivity contribution is 7.89. The summed E-state index contributed by atoms with van der Waals surface area (Å²) in [6, 6.07) is 10.4. The normalized spacial score (nSPS) is 14.3. The van der Waals surface area contributed by atoms with Crippen molar-refractivity contribution in [2.24, 2.45) is 0 Å². The lowest BCUT2D eigenvalue weighted by Crippen LogP contribution is -2.39. The molecule has 0 spiro atoms. The van der Waals surface area contributed by atoms with Crippen LogP contribution in [0.1, 0.15) is 36.1 Å². The van der Waals surface area contributed by atoms with Crippen LogP contribution in [0.2, 0.25) is 0 Å². The van der Waals surface area contributed by atoms with Gasteiger partial charge in [0.15, 0.2) is 11.5 Å². The van der Waals surface area contributed by atoms with Gasteiger partial charge in [-0.05, 0) is 55.0 Å². The largest absolute Gasteiger partial charge is 0.493 e. The van der Waals surface area contributed by atoms with Gasteiger partial charge >= 0.3 is 0 Å². The van der Waals surface area contributed by atoms with Crippen molar-refractivity contribution in [3.8, 4) is 11.5 Å². The molecule has 0 aromatic heterocycles. The van der Waals surface area contributed by atoms with Crippen molar-refractivity contribution in [3.05, 3.63) is 53.1 Å². The van der Waals surface area contributed by atoms with Crippen LogP contribution < -0.4 is 14.8 Å². The summed E-state index contributed by atoms with van der Waals surface area (Å²) < 4.78 is 37.1. The molecule has 0 unspecified atom stereocenters. The molecule has 0 fully saturated rings. The molecule has 8 heteroatoms. The Morgan fingerprint density at radius 1 is 1.07 bits per heavy atom. The minimum Gasteiger partial charge on any atom is -0.493 e. The Balaban J connectivity index is 1.67. The number of sulfonamides is 1. The van der Waals surface area contributed by atoms with Gasteiger partial charge in [0.2, 0.25) is 15.9 Å². The predicted octanol–water partition coefficient (Wildman–Crippen LogP) is 2.69. The molecular formula is C22H28N2O5S. The fourth-order valence-corrected chi connectivity index (χ4v) is 4.82. The number of amides is 1. The second-order valence-electron chi connectivity index (χ2n) is 7.45. The molecule has 1 aliphatic carbocycles. The number of carbonyl (C=O) groups excluding carboxylic acids is 1. The summed E-state index contributed by atoms with van der Waals surface area (Å²) in [5.41, 5.74) is 3.73. The first kappa shape index (κ1) is 22.1. The number of benzene rings is 2. The quantitative estimate of drug-likeness (QED) is 0.693. The van der Waals surface area contributed by atoms with Gasteiger partial charge < -0.3 is 14.8 Å². The number of hydrogen-bond acceptors (Lipinski definition) is 5. The molecule has 0 heterocycles. The number of methoxy groups -OCH3 is 2. The van der Waals surface area contributed by atoms with Gasteiger partial charge in [0, 0.05) is 13.1 Å². The Morgan fingerprint density at radius 2 is 1.77 bits per heavy atom. The first-order valence-electron chi connectivity index (χ1n) is 9.85. The van der Waals surface area contributed by atoms with E-state index in [0.29, 0.717) is 11.5 Å². The summed E-state index contributed by atoms with van der Waals surface area (Å²) in [6.07, 6.45) is 3.34. The van der Waals surface area contributed by atoms with Crippen LogP contribution in [0.15, 0.2) is 41.3 Å². The Labute approximate surface area is 178 Å². The maximum absolute atomic E-state index is 12.9. The number of likely N-dealkylation sites (N-methyl/N-ethyl adjacent to an activating group) is 1. The molecule has 2 aromatic carbocycles. The summed E-state index contributed by atoms with van der Waals surface area (Å²) >= 11 is 0. The molecule has 162 valence electrons. The summed E-state index contributed by atoms with van der Waals surface area (Å²) in [6.45, 7) is 1.61. The van der Waals surface area contributed by atoms with E-state index >= 15 is 0 Å². The van der Waals surface area contributed by atoms with Crippen LogP contribution in [-0.2, 0) is 27.7 Å². The Kier molecular flexibility index (Phi) is 6.67. The van der Waals surface area contributed by atoms with Crippen LogP contribution in [0.5, 0.6) is 11.5 Å². The smallest absolute Gasteiger partial charge is 0.243 e. The molecule has 0 radical (unpaired) electrons. The van der Waals surface area contributed by atoms with E-state index in [1.807, 2.05) is 13.0 Å². The standard InChI is InChI=1S/C22H28N2O5S/c1-15(17-9-8-16-6-5-7-18(16)12-17)23-22(25)14-24(2)30(26,27)19-10-11-20(28-3)21(13-19)29-4/h8-13,15H,5-7,14H2,1-4H3,(H,23,25)/t15-/m0/s1. The van der Waals surface area contributed by atoms with Crippen molar-refractivity contribution in [1.82, 2.24) is 9.62 Å². The fraction of sp³-hybridized carbons (Fsp3) is 0.409. The SMILES string of the molecule is COc1ccc(S(=O)(=O)N(C)CC(=O)N[C@@H](C)c2ccc3c(c2)CCC3)cc1OC. The average molecular weight is 433 g/mol. The highest BCUT2D eigenvalue weighted by Crippen LogP contribution is 2.30. The Morgan fingerprint density at radius 3 is 2.47 bits per heavy atom. The molecule has 1 atom stereocenters. The van der Waals surface area contributed by atoms with Crippen molar-refractivity contribution in [2.75, 3.05) is 27.8 Å². The fourth-order valence-electron chi connectivity index (χ4n) is 3.68. The number of ether oxygens (including phenoxy) is 2. The topological polar surface area (TPSA) is 84.9 Å². The highest BCUT2D eigenvalue weighted by atomic mass is 32.2. The van der Waals surface area contributed by atoms with Gasteiger partial charge in [-0.3, -0.25) is 4.79 Å². The Bertz CT molecular complexity index is 1040. The summed E-state index contributed by atoms with van der Waals surface area (Å²) in [5, 5.41) is 2.89. The minimum absolute atomic E-state index is 0.0297. The molecule has 1 aliphatic rings. The average Bonchev–Trinajstić information content (AvgIpc) is 3.20. The van der Waals surface area contributed by atoms with Crippen LogP contribution in [0.4, 0.5) is 0 Å². The third-order valence-corrected chi connectivity index (χ3v) is 7.23. The molecule has 0 bridgehead atoms. The molecule has 30 heavy (non-hydrogen) atoms. The summed E-state index contributed by atoms with van der Waals surface area (Å²) in [5.74, 6) is 0.372. The van der Waals surface area contributed by atoms with Crippen molar-refractivity contribution in [2.45, 2.75) is 37.1 Å². The second-order valence-corrected chi connectivity index (χ2v) is 9.49. The molecule has 2 aromatic rings. The number of rotatable bonds is 8. The van der Waals surface area contributed by atoms with Crippen LogP contribution >= 0.6 is 0 Å². The predicted molar refractivity (Wildman–Crippen MR) is 114 cm³/mol. The molecule has 0 saturated heterocycles. The van der Waals surface area contributed by atoms with E-state index in [4.69, 9.17) is 9.47 Å². The molecule has 1 amide bonds. The van der Waals surface area contributed by atoms with Gasteiger partial charge in [0.05, 0.1) is 31.7 Å². The molecule has 1 N–H and O–H groups in total. The van der Waals surface area contributed by atoms with Crippen molar-refractivity contribution < 1.29 is 22.7 Å². The number of carbonyl (C=O) groups is 1. The van der Waals surface area contributed by atoms with Gasteiger partial charge in [-0.2, -0.15) is 4.31 Å². The van der Waals surface area contributed by atoms with E-state index in [9.17, 15) is 13.2 Å². The lowest BCUT2D eigenvalue weighted by molar-refractivity contribution is -0.121. The maximum Gasteiger partial charge on any atom is 0.243 e. The highest BCUT2D eigenvalue weighted by Gasteiger charge is 2.25. The van der Waals surface area contributed by atoms with Crippen molar-refractivity contribution in [3.63, 3.8) is 0 Å². The summed E-state index contributed by atoms with van der Waals surface area (Å²) in [7, 11) is 0.431. The van der Waals surface area contributed by atoms with Crippen LogP contribution in [-0.4, -0.2) is 46.4 Å². The zero-order valence-electron chi connectivity index (χ0n) is 17.8. The first-order valence-corrected chi connectivity index (χ1v) is 11.3. The van der Waals surface area contributed by atoms with Crippen LogP contribution in [0.25, 0.3) is 0 Å². The van der Waals surface area contributed by atoms with Gasteiger partial charge in [-0.1, -0.05) is 18.2 Å². The summed E-state index contributed by atoms with van der Waals surface area (Å²) in [4.78, 5) is 12.5. The zero-order valence-corrected chi connectivity index (χ0v) is 18.6. The second kappa shape index (κ2) is 9.06. The van der Waals surface area contributed by atoms with E-state index in [1.54, 1.807) is 0 Å². The number of hydrogen-bond donors (Lipinski definition) is 1. The van der Waals surface area contributed by atoms with E-state index in [2.05, 4.69) is 17.4 Å². The number of nitrogens with zero attached hydrogens (tertiary/aromatic N) is 1. The minimum atomic E-state index is -3.86. The van der Waals surface area contributed by atoms with E-state index < -0.39 is 10.0 Å². The number of aryl methyl sites for hydroxylation is 2. The van der Waals surface area contributed by atoms with Gasteiger partial charge in [-0.15, -0.1) is 0 Å². The van der Waals surface area contributed by atoms with Gasteiger partial charge in [0.1, 0.15) is 0 Å². The molecule has 7 nitrogen and oxygen atoms in total. The van der Waals surface area contributed by atoms with E-state index in [1.165, 1.54) is 57.0 Å². The lowest BCUT2D eigenvalue weighted by Gasteiger charge is -2.20. The third-order valence-electron chi connectivity index (χ3n) is 5.43. The van der Waals surface area contributed by atoms with E-state index in [-0.39, 0.29) is 23.4 Å². The van der Waals surface area contributed by atoms with Crippen molar-refractivity contribution in [1.29, 1.82) is 0 Å². The van der Waals surface area contributed by atoms with Crippen LogP contribution in [0, 0.1) is 0 Å². The Hall–Kier alpha value is -2.58. The number of nitrogens with one attached hydrogen (secondary N) is 1. The monoisotopic (exact) mass is 432 g/mol. The maximum atomic E-state index is 12.9. The molecule has 0 aliphatic heterocycles. The molecular weight excluding hydrogens is 404 g/mol. The zero-order chi connectivity index (χ0) is 21.9. The van der Waals surface area contributed by atoms with Crippen molar-refractivity contribution >= 4 is 15.9 Å².